The summed E-state index contributed by atoms with van der Waals surface area (Å²) < 4.78 is 28.8. The predicted molar refractivity (Wildman–Crippen MR) is 67.7 cm³/mol. The lowest BCUT2D eigenvalue weighted by Crippen LogP contribution is -2.10. The van der Waals surface area contributed by atoms with Crippen LogP contribution in [0.4, 0.5) is 0 Å². The Bertz CT molecular complexity index is 692. The molecule has 0 spiro atoms. The highest BCUT2D eigenvalue weighted by atomic mass is 32.2. The average Bonchev–Trinajstić information content (AvgIpc) is 2.39. The topological polar surface area (TPSA) is 80.7 Å². The number of carboxylic acids is 1. The van der Waals surface area contributed by atoms with Crippen LogP contribution >= 0.6 is 0 Å². The minimum Gasteiger partial charge on any atom is -0.478 e. The van der Waals surface area contributed by atoms with E-state index in [1.54, 1.807) is 18.2 Å². The first-order valence-electron chi connectivity index (χ1n) is 5.32. The number of hydrogen-bond donors (Lipinski definition) is 1. The van der Waals surface area contributed by atoms with Gasteiger partial charge < -0.3 is 9.29 Å². The fraction of sp³-hybridized carbons (Fsp3) is 0. The molecule has 0 aliphatic heterocycles. The van der Waals surface area contributed by atoms with Gasteiger partial charge in [-0.25, -0.2) is 4.79 Å². The lowest BCUT2D eigenvalue weighted by atomic mass is 10.2. The maximum Gasteiger partial charge on any atom is 0.339 e. The maximum atomic E-state index is 12.0. The van der Waals surface area contributed by atoms with E-state index in [4.69, 9.17) is 9.29 Å². The van der Waals surface area contributed by atoms with Crippen LogP contribution < -0.4 is 4.18 Å². The zero-order valence-corrected chi connectivity index (χ0v) is 10.5. The first-order chi connectivity index (χ1) is 8.99. The van der Waals surface area contributed by atoms with Gasteiger partial charge in [0.05, 0.1) is 5.56 Å². The van der Waals surface area contributed by atoms with E-state index in [1.807, 2.05) is 0 Å². The van der Waals surface area contributed by atoms with E-state index < -0.39 is 16.1 Å². The SMILES string of the molecule is O=C(O)c1cccc(S(=O)(=O)Oc2ccccc2)c1. The molecule has 98 valence electrons. The Balaban J connectivity index is 2.35. The van der Waals surface area contributed by atoms with Crippen molar-refractivity contribution in [1.29, 1.82) is 0 Å². The van der Waals surface area contributed by atoms with Gasteiger partial charge >= 0.3 is 16.1 Å². The summed E-state index contributed by atoms with van der Waals surface area (Å²) in [5.74, 6) is -1.03. The second-order valence-corrected chi connectivity index (χ2v) is 5.23. The Labute approximate surface area is 110 Å². The van der Waals surface area contributed by atoms with Gasteiger partial charge in [-0.2, -0.15) is 8.42 Å². The van der Waals surface area contributed by atoms with Crippen LogP contribution in [0, 0.1) is 0 Å². The molecule has 0 heterocycles. The number of carboxylic acid groups (broad SMARTS) is 1. The molecule has 5 nitrogen and oxygen atoms in total. The highest BCUT2D eigenvalue weighted by Crippen LogP contribution is 2.18. The number of aromatic carboxylic acids is 1. The summed E-state index contributed by atoms with van der Waals surface area (Å²) in [6.07, 6.45) is 0. The Morgan fingerprint density at radius 1 is 1.00 bits per heavy atom. The molecule has 19 heavy (non-hydrogen) atoms. The standard InChI is InChI=1S/C13H10O5S/c14-13(15)10-5-4-8-12(9-10)19(16,17)18-11-6-2-1-3-7-11/h1-9H,(H,14,15). The van der Waals surface area contributed by atoms with E-state index >= 15 is 0 Å². The lowest BCUT2D eigenvalue weighted by Gasteiger charge is -2.07. The van der Waals surface area contributed by atoms with Crippen LogP contribution in [0.2, 0.25) is 0 Å². The van der Waals surface area contributed by atoms with Gasteiger partial charge in [0, 0.05) is 0 Å². The molecule has 0 fully saturated rings. The van der Waals surface area contributed by atoms with E-state index in [0.29, 0.717) is 0 Å². The molecule has 6 heteroatoms. The molecule has 0 bridgehead atoms. The Hall–Kier alpha value is -2.34. The van der Waals surface area contributed by atoms with Crippen molar-refractivity contribution in [3.05, 3.63) is 60.2 Å². The molecule has 0 aromatic heterocycles. The Morgan fingerprint density at radius 3 is 2.32 bits per heavy atom. The number of hydrogen-bond acceptors (Lipinski definition) is 4. The maximum absolute atomic E-state index is 12.0. The van der Waals surface area contributed by atoms with Crippen molar-refractivity contribution in [3.63, 3.8) is 0 Å². The highest BCUT2D eigenvalue weighted by molar-refractivity contribution is 7.87. The van der Waals surface area contributed by atoms with E-state index in [-0.39, 0.29) is 16.2 Å². The average molecular weight is 278 g/mol. The van der Waals surface area contributed by atoms with Gasteiger partial charge in [-0.1, -0.05) is 24.3 Å². The molecule has 2 rings (SSSR count). The molecule has 0 amide bonds. The van der Waals surface area contributed by atoms with Crippen LogP contribution in [0.1, 0.15) is 10.4 Å². The van der Waals surface area contributed by atoms with Crippen LogP contribution in [-0.2, 0) is 10.1 Å². The normalized spacial score (nSPS) is 10.9. The summed E-state index contributed by atoms with van der Waals surface area (Å²) >= 11 is 0. The first-order valence-corrected chi connectivity index (χ1v) is 6.73. The molecule has 0 radical (unpaired) electrons. The number of para-hydroxylation sites is 1. The number of benzene rings is 2. The molecular formula is C13H10O5S. The molecule has 0 aliphatic rings. The van der Waals surface area contributed by atoms with Gasteiger partial charge in [-0.3, -0.25) is 0 Å². The van der Waals surface area contributed by atoms with E-state index in [1.165, 1.54) is 30.3 Å². The Morgan fingerprint density at radius 2 is 1.68 bits per heavy atom. The van der Waals surface area contributed by atoms with Crippen LogP contribution in [0.15, 0.2) is 59.5 Å². The Kier molecular flexibility index (Phi) is 3.52. The van der Waals surface area contributed by atoms with Crippen molar-refractivity contribution in [2.24, 2.45) is 0 Å². The summed E-state index contributed by atoms with van der Waals surface area (Å²) in [7, 11) is -4.03. The fourth-order valence-corrected chi connectivity index (χ4v) is 2.41. The minimum atomic E-state index is -4.03. The highest BCUT2D eigenvalue weighted by Gasteiger charge is 2.18. The van der Waals surface area contributed by atoms with Crippen molar-refractivity contribution in [2.75, 3.05) is 0 Å². The largest absolute Gasteiger partial charge is 0.478 e. The van der Waals surface area contributed by atoms with Crippen molar-refractivity contribution < 1.29 is 22.5 Å². The van der Waals surface area contributed by atoms with Gasteiger partial charge in [0.25, 0.3) is 0 Å². The third kappa shape index (κ3) is 3.11. The first kappa shape index (κ1) is 13.1. The zero-order chi connectivity index (χ0) is 13.9. The molecule has 2 aromatic carbocycles. The van der Waals surface area contributed by atoms with Crippen molar-refractivity contribution in [2.45, 2.75) is 4.90 Å². The van der Waals surface area contributed by atoms with Gasteiger partial charge in [-0.15, -0.1) is 0 Å². The van der Waals surface area contributed by atoms with Crippen molar-refractivity contribution in [3.8, 4) is 5.75 Å². The van der Waals surface area contributed by atoms with Gasteiger partial charge in [0.1, 0.15) is 10.6 Å². The number of carbonyl (C=O) groups is 1. The molecule has 1 N–H and O–H groups in total. The zero-order valence-electron chi connectivity index (χ0n) is 9.68. The fourth-order valence-electron chi connectivity index (χ4n) is 1.44. The molecule has 0 unspecified atom stereocenters. The van der Waals surface area contributed by atoms with Gasteiger partial charge in [0.2, 0.25) is 0 Å². The van der Waals surface area contributed by atoms with Crippen LogP contribution in [-0.4, -0.2) is 19.5 Å². The quantitative estimate of drug-likeness (QED) is 0.867. The second-order valence-electron chi connectivity index (χ2n) is 3.68. The monoisotopic (exact) mass is 278 g/mol. The molecule has 0 saturated heterocycles. The summed E-state index contributed by atoms with van der Waals surface area (Å²) in [5.41, 5.74) is -0.113. The minimum absolute atomic E-state index is 0.113. The summed E-state index contributed by atoms with van der Waals surface area (Å²) in [5, 5.41) is 8.83. The van der Waals surface area contributed by atoms with Crippen molar-refractivity contribution in [1.82, 2.24) is 0 Å². The number of rotatable bonds is 4. The molecule has 0 atom stereocenters. The molecular weight excluding hydrogens is 268 g/mol. The van der Waals surface area contributed by atoms with Crippen LogP contribution in [0.3, 0.4) is 0 Å². The van der Waals surface area contributed by atoms with Crippen LogP contribution in [0.5, 0.6) is 5.75 Å². The van der Waals surface area contributed by atoms with Gasteiger partial charge in [0.15, 0.2) is 0 Å². The summed E-state index contributed by atoms with van der Waals surface area (Å²) in [4.78, 5) is 10.6. The molecule has 0 aliphatic carbocycles. The summed E-state index contributed by atoms with van der Waals surface area (Å²) in [6, 6.07) is 13.0. The predicted octanol–water partition coefficient (Wildman–Crippen LogP) is 2.15. The van der Waals surface area contributed by atoms with E-state index in [9.17, 15) is 13.2 Å². The molecule has 2 aromatic rings. The third-order valence-corrected chi connectivity index (χ3v) is 3.56. The smallest absolute Gasteiger partial charge is 0.339 e. The third-order valence-electron chi connectivity index (χ3n) is 2.32. The van der Waals surface area contributed by atoms with Crippen LogP contribution in [0.25, 0.3) is 0 Å². The second kappa shape index (κ2) is 5.11. The van der Waals surface area contributed by atoms with E-state index in [2.05, 4.69) is 0 Å². The molecule has 0 saturated carbocycles. The van der Waals surface area contributed by atoms with Gasteiger partial charge in [-0.05, 0) is 30.3 Å². The summed E-state index contributed by atoms with van der Waals surface area (Å²) in [6.45, 7) is 0. The lowest BCUT2D eigenvalue weighted by molar-refractivity contribution is 0.0696. The van der Waals surface area contributed by atoms with Crippen molar-refractivity contribution >= 4 is 16.1 Å². The van der Waals surface area contributed by atoms with E-state index in [0.717, 1.165) is 6.07 Å².